The van der Waals surface area contributed by atoms with E-state index in [1.54, 1.807) is 14.7 Å². The first kappa shape index (κ1) is 17.9. The molecule has 7 heteroatoms. The second-order valence-corrected chi connectivity index (χ2v) is 7.94. The van der Waals surface area contributed by atoms with E-state index >= 15 is 0 Å². The third-order valence-electron chi connectivity index (χ3n) is 6.22. The zero-order valence-corrected chi connectivity index (χ0v) is 15.5. The first-order chi connectivity index (χ1) is 12.8. The van der Waals surface area contributed by atoms with Crippen molar-refractivity contribution in [1.29, 1.82) is 0 Å². The summed E-state index contributed by atoms with van der Waals surface area (Å²) < 4.78 is 14.6. The molecular formula is C20H24FN3O3. The van der Waals surface area contributed by atoms with Crippen LogP contribution in [0.25, 0.3) is 0 Å². The summed E-state index contributed by atoms with van der Waals surface area (Å²) in [6.07, 6.45) is 1.84. The van der Waals surface area contributed by atoms with Gasteiger partial charge in [-0.1, -0.05) is 18.2 Å². The highest BCUT2D eigenvalue weighted by molar-refractivity contribution is 5.98. The Bertz CT molecular complexity index is 780. The van der Waals surface area contributed by atoms with Crippen molar-refractivity contribution in [2.75, 3.05) is 31.1 Å². The Morgan fingerprint density at radius 2 is 1.78 bits per heavy atom. The number of halogens is 1. The lowest BCUT2D eigenvalue weighted by molar-refractivity contribution is -0.151. The second kappa shape index (κ2) is 6.32. The van der Waals surface area contributed by atoms with Crippen molar-refractivity contribution in [2.45, 2.75) is 43.8 Å². The lowest BCUT2D eigenvalue weighted by atomic mass is 9.81. The molecule has 0 radical (unpaired) electrons. The number of benzene rings is 1. The van der Waals surface area contributed by atoms with Gasteiger partial charge < -0.3 is 14.7 Å². The van der Waals surface area contributed by atoms with Crippen LogP contribution in [0, 0.1) is 0 Å². The van der Waals surface area contributed by atoms with Gasteiger partial charge in [0.05, 0.1) is 12.1 Å². The summed E-state index contributed by atoms with van der Waals surface area (Å²) in [4.78, 5) is 42.4. The quantitative estimate of drug-likeness (QED) is 0.794. The number of alkyl halides is 1. The van der Waals surface area contributed by atoms with Crippen LogP contribution in [0.1, 0.15) is 32.6 Å². The van der Waals surface area contributed by atoms with Crippen molar-refractivity contribution in [3.05, 3.63) is 30.3 Å². The molecule has 1 atom stereocenters. The zero-order valence-electron chi connectivity index (χ0n) is 15.5. The largest absolute Gasteiger partial charge is 0.337 e. The predicted octanol–water partition coefficient (Wildman–Crippen LogP) is 1.74. The van der Waals surface area contributed by atoms with Crippen LogP contribution in [-0.4, -0.2) is 64.9 Å². The molecule has 2 aliphatic heterocycles. The number of nitrogens with zero attached hydrogens (tertiary/aromatic N) is 3. The summed E-state index contributed by atoms with van der Waals surface area (Å²) in [5.74, 6) is -0.797. The first-order valence-corrected chi connectivity index (χ1v) is 9.47. The van der Waals surface area contributed by atoms with Crippen LogP contribution in [0.15, 0.2) is 30.3 Å². The molecule has 1 unspecified atom stereocenters. The van der Waals surface area contributed by atoms with Gasteiger partial charge in [0.1, 0.15) is 6.54 Å². The average Bonchev–Trinajstić information content (AvgIpc) is 3.06. The van der Waals surface area contributed by atoms with E-state index in [-0.39, 0.29) is 37.7 Å². The molecule has 3 amide bonds. The maximum Gasteiger partial charge on any atom is 0.260 e. The van der Waals surface area contributed by atoms with Crippen LogP contribution in [0.3, 0.4) is 0 Å². The lowest BCUT2D eigenvalue weighted by Crippen LogP contribution is -2.67. The molecule has 27 heavy (non-hydrogen) atoms. The molecule has 144 valence electrons. The van der Waals surface area contributed by atoms with E-state index in [9.17, 15) is 18.8 Å². The first-order valence-electron chi connectivity index (χ1n) is 9.47. The maximum atomic E-state index is 14.6. The van der Waals surface area contributed by atoms with E-state index in [1.807, 2.05) is 30.3 Å². The molecule has 1 spiro atoms. The van der Waals surface area contributed by atoms with Crippen molar-refractivity contribution >= 4 is 23.4 Å². The summed E-state index contributed by atoms with van der Waals surface area (Å²) in [5.41, 5.74) is -1.63. The highest BCUT2D eigenvalue weighted by Crippen LogP contribution is 2.41. The van der Waals surface area contributed by atoms with Crippen LogP contribution in [0.4, 0.5) is 10.1 Å². The van der Waals surface area contributed by atoms with E-state index < -0.39 is 17.1 Å². The van der Waals surface area contributed by atoms with Gasteiger partial charge in [-0.05, 0) is 37.8 Å². The SMILES string of the molecule is CC(=O)N1CC(=O)N(c2ccccc2)CC12CCN(C(=O)C1(F)CCC1)C2. The van der Waals surface area contributed by atoms with E-state index in [1.165, 1.54) is 6.92 Å². The maximum absolute atomic E-state index is 14.6. The number of carbonyl (C=O) groups is 3. The molecule has 1 saturated carbocycles. The summed E-state index contributed by atoms with van der Waals surface area (Å²) in [6, 6.07) is 9.32. The molecule has 0 bridgehead atoms. The Kier molecular flexibility index (Phi) is 4.20. The summed E-state index contributed by atoms with van der Waals surface area (Å²) in [5, 5.41) is 0. The van der Waals surface area contributed by atoms with Gasteiger partial charge in [0, 0.05) is 25.7 Å². The molecule has 1 aromatic rings. The number of anilines is 1. The molecular weight excluding hydrogens is 349 g/mol. The van der Waals surface area contributed by atoms with Crippen LogP contribution in [0.2, 0.25) is 0 Å². The molecule has 3 aliphatic rings. The molecule has 2 heterocycles. The number of amides is 3. The van der Waals surface area contributed by atoms with Crippen molar-refractivity contribution in [3.8, 4) is 0 Å². The molecule has 0 aromatic heterocycles. The third kappa shape index (κ3) is 2.89. The zero-order chi connectivity index (χ0) is 19.2. The van der Waals surface area contributed by atoms with E-state index in [0.717, 1.165) is 12.1 Å². The molecule has 6 nitrogen and oxygen atoms in total. The van der Waals surface area contributed by atoms with Gasteiger partial charge in [-0.2, -0.15) is 0 Å². The third-order valence-corrected chi connectivity index (χ3v) is 6.22. The van der Waals surface area contributed by atoms with Gasteiger partial charge >= 0.3 is 0 Å². The fourth-order valence-corrected chi connectivity index (χ4v) is 4.51. The topological polar surface area (TPSA) is 60.9 Å². The van der Waals surface area contributed by atoms with Gasteiger partial charge in [-0.3, -0.25) is 14.4 Å². The number of hydrogen-bond donors (Lipinski definition) is 0. The van der Waals surface area contributed by atoms with Gasteiger partial charge in [0.2, 0.25) is 11.8 Å². The van der Waals surface area contributed by atoms with Crippen molar-refractivity contribution in [1.82, 2.24) is 9.80 Å². The number of piperazine rings is 1. The number of para-hydroxylation sites is 1. The highest BCUT2D eigenvalue weighted by Gasteiger charge is 2.55. The summed E-state index contributed by atoms with van der Waals surface area (Å²) in [7, 11) is 0. The minimum Gasteiger partial charge on any atom is -0.337 e. The monoisotopic (exact) mass is 373 g/mol. The molecule has 4 rings (SSSR count). The Morgan fingerprint density at radius 1 is 1.07 bits per heavy atom. The summed E-state index contributed by atoms with van der Waals surface area (Å²) >= 11 is 0. The van der Waals surface area contributed by atoms with E-state index in [2.05, 4.69) is 0 Å². The van der Waals surface area contributed by atoms with E-state index in [4.69, 9.17) is 0 Å². The Hall–Kier alpha value is -2.44. The fraction of sp³-hybridized carbons (Fsp3) is 0.550. The van der Waals surface area contributed by atoms with Crippen molar-refractivity contribution < 1.29 is 18.8 Å². The van der Waals surface area contributed by atoms with Crippen molar-refractivity contribution in [2.24, 2.45) is 0 Å². The normalized spacial score (nSPS) is 27.0. The minimum atomic E-state index is -1.74. The van der Waals surface area contributed by atoms with E-state index in [0.29, 0.717) is 19.5 Å². The highest BCUT2D eigenvalue weighted by atomic mass is 19.1. The van der Waals surface area contributed by atoms with Crippen LogP contribution < -0.4 is 4.90 Å². The molecule has 3 fully saturated rings. The number of carbonyl (C=O) groups excluding carboxylic acids is 3. The minimum absolute atomic E-state index is 0.0208. The van der Waals surface area contributed by atoms with Crippen LogP contribution in [-0.2, 0) is 14.4 Å². The lowest BCUT2D eigenvalue weighted by Gasteiger charge is -2.48. The smallest absolute Gasteiger partial charge is 0.260 e. The van der Waals surface area contributed by atoms with Crippen LogP contribution >= 0.6 is 0 Å². The number of rotatable bonds is 2. The second-order valence-electron chi connectivity index (χ2n) is 7.94. The van der Waals surface area contributed by atoms with Gasteiger partial charge in [-0.15, -0.1) is 0 Å². The van der Waals surface area contributed by atoms with Gasteiger partial charge in [0.15, 0.2) is 5.67 Å². The molecule has 1 aliphatic carbocycles. The summed E-state index contributed by atoms with van der Waals surface area (Å²) in [6.45, 7) is 2.42. The number of hydrogen-bond acceptors (Lipinski definition) is 3. The van der Waals surface area contributed by atoms with Gasteiger partial charge in [0.25, 0.3) is 5.91 Å². The molecule has 2 saturated heterocycles. The van der Waals surface area contributed by atoms with Crippen LogP contribution in [0.5, 0.6) is 0 Å². The van der Waals surface area contributed by atoms with Crippen molar-refractivity contribution in [3.63, 3.8) is 0 Å². The predicted molar refractivity (Wildman–Crippen MR) is 97.8 cm³/mol. The fourth-order valence-electron chi connectivity index (χ4n) is 4.51. The number of likely N-dealkylation sites (tertiary alicyclic amines) is 1. The Balaban J connectivity index is 1.61. The Morgan fingerprint density at radius 3 is 2.37 bits per heavy atom. The average molecular weight is 373 g/mol. The van der Waals surface area contributed by atoms with Gasteiger partial charge in [-0.25, -0.2) is 4.39 Å². The standard InChI is InChI=1S/C20H24FN3O3/c1-15(25)24-12-17(26)23(16-6-3-2-4-7-16)14-19(24)10-11-22(13-19)18(27)20(21)8-5-9-20/h2-4,6-7H,5,8-14H2,1H3. The Labute approximate surface area is 157 Å². The molecule has 0 N–H and O–H groups in total. The molecule has 1 aromatic carbocycles.